The summed E-state index contributed by atoms with van der Waals surface area (Å²) in [5, 5.41) is 1.00. The van der Waals surface area contributed by atoms with Crippen molar-refractivity contribution in [3.63, 3.8) is 0 Å². The largest absolute Gasteiger partial charge is 0.439 e. The first-order valence-electron chi connectivity index (χ1n) is 7.86. The van der Waals surface area contributed by atoms with E-state index in [-0.39, 0.29) is 18.4 Å². The van der Waals surface area contributed by atoms with Crippen LogP contribution in [0.25, 0.3) is 11.3 Å². The molecule has 0 unspecified atom stereocenters. The van der Waals surface area contributed by atoms with Gasteiger partial charge in [-0.15, -0.1) is 0 Å². The maximum Gasteiger partial charge on any atom is 0.276 e. The number of imide groups is 1. The lowest BCUT2D eigenvalue weighted by molar-refractivity contribution is 0.0557. The number of nitrogens with zero attached hydrogens (tertiary/aromatic N) is 2. The van der Waals surface area contributed by atoms with Crippen molar-refractivity contribution in [2.75, 3.05) is 0 Å². The van der Waals surface area contributed by atoms with Gasteiger partial charge in [-0.05, 0) is 19.1 Å². The predicted octanol–water partition coefficient (Wildman–Crippen LogP) is 2.95. The Morgan fingerprint density at radius 1 is 1.00 bits per heavy atom. The number of hydrogen-bond acceptors (Lipinski definition) is 5. The highest BCUT2D eigenvalue weighted by Crippen LogP contribution is 2.22. The SMILES string of the molecule is Cc1ccc(-c2cnc(CNN3C(=O)c4ccccc4C3=O)o2)cc1. The van der Waals surface area contributed by atoms with Crippen LogP contribution in [0.3, 0.4) is 0 Å². The van der Waals surface area contributed by atoms with Crippen molar-refractivity contribution in [2.24, 2.45) is 0 Å². The standard InChI is InChI=1S/C19H15N3O3/c1-12-6-8-13(9-7-12)16-10-20-17(25-16)11-21-22-18(23)14-4-2-3-5-15(14)19(22)24/h2-10,21H,11H2,1H3. The van der Waals surface area contributed by atoms with Crippen LogP contribution in [0.15, 0.2) is 59.1 Å². The van der Waals surface area contributed by atoms with Crippen molar-refractivity contribution in [3.8, 4) is 11.3 Å². The van der Waals surface area contributed by atoms with Crippen LogP contribution >= 0.6 is 0 Å². The molecule has 0 bridgehead atoms. The summed E-state index contributed by atoms with van der Waals surface area (Å²) in [4.78, 5) is 28.8. The van der Waals surface area contributed by atoms with Crippen LogP contribution in [-0.4, -0.2) is 21.8 Å². The van der Waals surface area contributed by atoms with Gasteiger partial charge in [-0.25, -0.2) is 15.4 Å². The molecule has 0 saturated heterocycles. The third-order valence-electron chi connectivity index (χ3n) is 4.07. The zero-order valence-electron chi connectivity index (χ0n) is 13.5. The fraction of sp³-hybridized carbons (Fsp3) is 0.105. The first kappa shape index (κ1) is 15.3. The van der Waals surface area contributed by atoms with Gasteiger partial charge in [0.25, 0.3) is 11.8 Å². The Bertz CT molecular complexity index is 925. The highest BCUT2D eigenvalue weighted by molar-refractivity contribution is 6.20. The minimum Gasteiger partial charge on any atom is -0.439 e. The van der Waals surface area contributed by atoms with E-state index in [4.69, 9.17) is 4.42 Å². The second kappa shape index (κ2) is 5.99. The number of carbonyl (C=O) groups excluding carboxylic acids is 2. The summed E-state index contributed by atoms with van der Waals surface area (Å²) in [7, 11) is 0. The Labute approximate surface area is 144 Å². The maximum absolute atomic E-state index is 12.3. The van der Waals surface area contributed by atoms with E-state index in [1.165, 1.54) is 0 Å². The Kier molecular flexibility index (Phi) is 3.66. The lowest BCUT2D eigenvalue weighted by atomic mass is 10.1. The van der Waals surface area contributed by atoms with E-state index in [1.54, 1.807) is 30.5 Å². The predicted molar refractivity (Wildman–Crippen MR) is 90.5 cm³/mol. The van der Waals surface area contributed by atoms with Gasteiger partial charge in [0.2, 0.25) is 5.89 Å². The van der Waals surface area contributed by atoms with Gasteiger partial charge >= 0.3 is 0 Å². The fourth-order valence-electron chi connectivity index (χ4n) is 2.72. The van der Waals surface area contributed by atoms with Crippen LogP contribution in [0.2, 0.25) is 0 Å². The van der Waals surface area contributed by atoms with E-state index < -0.39 is 0 Å². The van der Waals surface area contributed by atoms with Crippen molar-refractivity contribution in [1.82, 2.24) is 15.4 Å². The molecule has 124 valence electrons. The van der Waals surface area contributed by atoms with E-state index in [1.807, 2.05) is 31.2 Å². The molecule has 2 amide bonds. The second-order valence-electron chi connectivity index (χ2n) is 5.81. The Hall–Kier alpha value is -3.25. The first-order chi connectivity index (χ1) is 12.1. The number of hydrogen-bond donors (Lipinski definition) is 1. The number of hydrazine groups is 1. The van der Waals surface area contributed by atoms with Crippen LogP contribution in [0.4, 0.5) is 0 Å². The van der Waals surface area contributed by atoms with Crippen molar-refractivity contribution in [2.45, 2.75) is 13.5 Å². The monoisotopic (exact) mass is 333 g/mol. The van der Waals surface area contributed by atoms with E-state index in [0.717, 1.165) is 16.1 Å². The molecule has 0 atom stereocenters. The summed E-state index contributed by atoms with van der Waals surface area (Å²) in [6, 6.07) is 14.6. The molecule has 1 aliphatic heterocycles. The van der Waals surface area contributed by atoms with Crippen molar-refractivity contribution < 1.29 is 14.0 Å². The van der Waals surface area contributed by atoms with Crippen LogP contribution in [0, 0.1) is 6.92 Å². The quantitative estimate of drug-likeness (QED) is 0.743. The molecule has 6 nitrogen and oxygen atoms in total. The van der Waals surface area contributed by atoms with E-state index in [9.17, 15) is 9.59 Å². The Morgan fingerprint density at radius 2 is 1.64 bits per heavy atom. The van der Waals surface area contributed by atoms with Crippen molar-refractivity contribution in [3.05, 3.63) is 77.3 Å². The number of rotatable bonds is 4. The molecule has 3 aromatic rings. The highest BCUT2D eigenvalue weighted by atomic mass is 16.4. The molecule has 2 aromatic carbocycles. The molecular formula is C19H15N3O3. The Balaban J connectivity index is 1.47. The summed E-state index contributed by atoms with van der Waals surface area (Å²) in [5.74, 6) is 0.295. The summed E-state index contributed by atoms with van der Waals surface area (Å²) in [5.41, 5.74) is 5.67. The normalized spacial score (nSPS) is 13.4. The number of fused-ring (bicyclic) bond motifs is 1. The van der Waals surface area contributed by atoms with Gasteiger partial charge in [0.05, 0.1) is 23.9 Å². The number of amides is 2. The van der Waals surface area contributed by atoms with Gasteiger partial charge < -0.3 is 4.42 Å². The minimum absolute atomic E-state index is 0.136. The number of nitrogens with one attached hydrogen (secondary N) is 1. The maximum atomic E-state index is 12.3. The van der Waals surface area contributed by atoms with Crippen molar-refractivity contribution in [1.29, 1.82) is 0 Å². The molecule has 0 radical (unpaired) electrons. The van der Waals surface area contributed by atoms with Gasteiger partial charge in [-0.2, -0.15) is 0 Å². The zero-order chi connectivity index (χ0) is 17.4. The third-order valence-corrected chi connectivity index (χ3v) is 4.07. The van der Waals surface area contributed by atoms with Crippen LogP contribution in [0.1, 0.15) is 32.2 Å². The van der Waals surface area contributed by atoms with Gasteiger partial charge in [0.15, 0.2) is 5.76 Å². The minimum atomic E-state index is -0.370. The van der Waals surface area contributed by atoms with E-state index in [0.29, 0.717) is 22.8 Å². The second-order valence-corrected chi connectivity index (χ2v) is 5.81. The molecule has 0 saturated carbocycles. The summed E-state index contributed by atoms with van der Waals surface area (Å²) < 4.78 is 5.69. The molecule has 1 N–H and O–H groups in total. The molecular weight excluding hydrogens is 318 g/mol. The van der Waals surface area contributed by atoms with Crippen LogP contribution in [0.5, 0.6) is 0 Å². The molecule has 4 rings (SSSR count). The van der Waals surface area contributed by atoms with Gasteiger partial charge in [-0.1, -0.05) is 42.0 Å². The fourth-order valence-corrected chi connectivity index (χ4v) is 2.72. The summed E-state index contributed by atoms with van der Waals surface area (Å²) >= 11 is 0. The zero-order valence-corrected chi connectivity index (χ0v) is 13.5. The van der Waals surface area contributed by atoms with E-state index >= 15 is 0 Å². The summed E-state index contributed by atoms with van der Waals surface area (Å²) in [6.07, 6.45) is 1.63. The number of benzene rings is 2. The number of aromatic nitrogens is 1. The highest BCUT2D eigenvalue weighted by Gasteiger charge is 2.35. The lowest BCUT2D eigenvalue weighted by Crippen LogP contribution is -2.41. The Morgan fingerprint density at radius 3 is 2.28 bits per heavy atom. The number of aryl methyl sites for hydroxylation is 1. The van der Waals surface area contributed by atoms with Crippen LogP contribution < -0.4 is 5.43 Å². The smallest absolute Gasteiger partial charge is 0.276 e. The van der Waals surface area contributed by atoms with Gasteiger partial charge in [0, 0.05) is 5.56 Å². The average molecular weight is 333 g/mol. The van der Waals surface area contributed by atoms with Crippen LogP contribution in [-0.2, 0) is 6.54 Å². The third kappa shape index (κ3) is 2.72. The molecule has 1 aromatic heterocycles. The van der Waals surface area contributed by atoms with E-state index in [2.05, 4.69) is 10.4 Å². The molecule has 0 fully saturated rings. The number of oxazole rings is 1. The molecule has 1 aliphatic rings. The topological polar surface area (TPSA) is 75.4 Å². The molecule has 0 spiro atoms. The summed E-state index contributed by atoms with van der Waals surface area (Å²) in [6.45, 7) is 2.15. The van der Waals surface area contributed by atoms with Gasteiger partial charge in [0.1, 0.15) is 0 Å². The average Bonchev–Trinajstić information content (AvgIpc) is 3.19. The van der Waals surface area contributed by atoms with Gasteiger partial charge in [-0.3, -0.25) is 9.59 Å². The molecule has 2 heterocycles. The molecule has 6 heteroatoms. The molecule has 25 heavy (non-hydrogen) atoms. The lowest BCUT2D eigenvalue weighted by Gasteiger charge is -2.13. The van der Waals surface area contributed by atoms with Crippen molar-refractivity contribution >= 4 is 11.8 Å². The first-order valence-corrected chi connectivity index (χ1v) is 7.86. The molecule has 0 aliphatic carbocycles. The number of carbonyl (C=O) groups is 2.